The molecule has 6 heteroatoms. The molecule has 0 spiro atoms. The fraction of sp³-hybridized carbons (Fsp3) is 0.118. The Morgan fingerprint density at radius 3 is 2.91 bits per heavy atom. The quantitative estimate of drug-likeness (QED) is 0.628. The van der Waals surface area contributed by atoms with Crippen molar-refractivity contribution in [3.63, 3.8) is 0 Å². The van der Waals surface area contributed by atoms with Crippen molar-refractivity contribution in [2.24, 2.45) is 0 Å². The molecule has 114 valence electrons. The van der Waals surface area contributed by atoms with E-state index in [1.807, 2.05) is 53.2 Å². The van der Waals surface area contributed by atoms with Crippen molar-refractivity contribution in [1.82, 2.24) is 24.5 Å². The summed E-state index contributed by atoms with van der Waals surface area (Å²) in [6.07, 6.45) is 3.62. The molecule has 0 aliphatic rings. The Morgan fingerprint density at radius 1 is 1.13 bits per heavy atom. The molecular formula is C17H15N5O. The second-order valence-corrected chi connectivity index (χ2v) is 5.28. The van der Waals surface area contributed by atoms with Crippen molar-refractivity contribution in [1.29, 1.82) is 0 Å². The fourth-order valence-electron chi connectivity index (χ4n) is 2.62. The van der Waals surface area contributed by atoms with Gasteiger partial charge in [0.15, 0.2) is 5.69 Å². The summed E-state index contributed by atoms with van der Waals surface area (Å²) in [5, 5.41) is 7.16. The molecule has 0 saturated carbocycles. The number of benzene rings is 1. The van der Waals surface area contributed by atoms with Gasteiger partial charge in [-0.2, -0.15) is 5.10 Å². The summed E-state index contributed by atoms with van der Waals surface area (Å²) in [6.45, 7) is 1.19. The number of rotatable bonds is 4. The molecule has 6 nitrogen and oxygen atoms in total. The van der Waals surface area contributed by atoms with Crippen LogP contribution in [0.1, 0.15) is 10.5 Å². The van der Waals surface area contributed by atoms with Crippen LogP contribution in [0.5, 0.6) is 0 Å². The largest absolute Gasteiger partial charge is 0.349 e. The summed E-state index contributed by atoms with van der Waals surface area (Å²) >= 11 is 0. The Morgan fingerprint density at radius 2 is 2.00 bits per heavy atom. The van der Waals surface area contributed by atoms with Crippen LogP contribution in [0, 0.1) is 0 Å². The minimum absolute atomic E-state index is 0.168. The number of amides is 1. The maximum absolute atomic E-state index is 12.2. The molecule has 0 bridgehead atoms. The second kappa shape index (κ2) is 5.57. The average molecular weight is 305 g/mol. The molecule has 1 aromatic carbocycles. The highest BCUT2D eigenvalue weighted by molar-refractivity contribution is 5.93. The third-order valence-corrected chi connectivity index (χ3v) is 3.77. The second-order valence-electron chi connectivity index (χ2n) is 5.28. The number of imidazole rings is 1. The van der Waals surface area contributed by atoms with Gasteiger partial charge in [-0.25, -0.2) is 9.50 Å². The molecule has 1 amide bonds. The van der Waals surface area contributed by atoms with Crippen LogP contribution in [0.15, 0.2) is 61.1 Å². The Hall–Kier alpha value is -3.15. The van der Waals surface area contributed by atoms with E-state index in [1.54, 1.807) is 16.9 Å². The van der Waals surface area contributed by atoms with Gasteiger partial charge >= 0.3 is 0 Å². The number of nitrogens with one attached hydrogen (secondary N) is 1. The smallest absolute Gasteiger partial charge is 0.271 e. The zero-order chi connectivity index (χ0) is 15.6. The lowest BCUT2D eigenvalue weighted by Gasteiger charge is -2.05. The predicted molar refractivity (Wildman–Crippen MR) is 87.3 cm³/mol. The lowest BCUT2D eigenvalue weighted by Crippen LogP contribution is -2.27. The van der Waals surface area contributed by atoms with Crippen LogP contribution in [0.4, 0.5) is 0 Å². The Labute approximate surface area is 132 Å². The third kappa shape index (κ3) is 2.55. The molecule has 4 aromatic rings. The van der Waals surface area contributed by atoms with E-state index in [4.69, 9.17) is 0 Å². The number of nitrogens with zero attached hydrogens (tertiary/aromatic N) is 4. The van der Waals surface area contributed by atoms with Gasteiger partial charge in [0.2, 0.25) is 0 Å². The summed E-state index contributed by atoms with van der Waals surface area (Å²) in [7, 11) is 0. The first-order chi connectivity index (χ1) is 11.3. The maximum atomic E-state index is 12.2. The minimum atomic E-state index is -0.168. The topological polar surface area (TPSA) is 64.2 Å². The van der Waals surface area contributed by atoms with Gasteiger partial charge in [0.25, 0.3) is 5.91 Å². The Bertz CT molecular complexity index is 952. The first-order valence-corrected chi connectivity index (χ1v) is 7.44. The number of aromatic nitrogens is 4. The first-order valence-electron chi connectivity index (χ1n) is 7.44. The van der Waals surface area contributed by atoms with Gasteiger partial charge in [0.05, 0.1) is 22.9 Å². The van der Waals surface area contributed by atoms with Crippen molar-refractivity contribution < 1.29 is 4.79 Å². The van der Waals surface area contributed by atoms with Crippen LogP contribution in [0.3, 0.4) is 0 Å². The van der Waals surface area contributed by atoms with Gasteiger partial charge in [-0.05, 0) is 30.3 Å². The van der Waals surface area contributed by atoms with Gasteiger partial charge in [-0.1, -0.05) is 18.2 Å². The number of para-hydroxylation sites is 2. The van der Waals surface area contributed by atoms with Gasteiger partial charge in [0.1, 0.15) is 0 Å². The average Bonchev–Trinajstić information content (AvgIpc) is 3.19. The lowest BCUT2D eigenvalue weighted by molar-refractivity contribution is 0.0947. The molecule has 0 saturated heterocycles. The van der Waals surface area contributed by atoms with Crippen molar-refractivity contribution in [3.05, 3.63) is 66.7 Å². The van der Waals surface area contributed by atoms with E-state index in [9.17, 15) is 4.79 Å². The standard InChI is InChI=1S/C17H15N5O/c23-17(15-11-13-5-3-4-9-22(13)20-15)18-8-10-21-12-19-14-6-1-2-7-16(14)21/h1-7,9,11-12H,8,10H2,(H,18,23). The van der Waals surface area contributed by atoms with Crippen LogP contribution in [0.2, 0.25) is 0 Å². The van der Waals surface area contributed by atoms with Crippen LogP contribution < -0.4 is 5.32 Å². The number of hydrogen-bond acceptors (Lipinski definition) is 3. The number of fused-ring (bicyclic) bond motifs is 2. The Kier molecular flexibility index (Phi) is 3.27. The van der Waals surface area contributed by atoms with E-state index in [0.717, 1.165) is 16.6 Å². The highest BCUT2D eigenvalue weighted by Gasteiger charge is 2.10. The zero-order valence-corrected chi connectivity index (χ0v) is 12.4. The minimum Gasteiger partial charge on any atom is -0.349 e. The monoisotopic (exact) mass is 305 g/mol. The van der Waals surface area contributed by atoms with Crippen LogP contribution in [0.25, 0.3) is 16.6 Å². The highest BCUT2D eigenvalue weighted by Crippen LogP contribution is 2.11. The van der Waals surface area contributed by atoms with Crippen molar-refractivity contribution >= 4 is 22.5 Å². The molecule has 0 atom stereocenters. The molecule has 0 unspecified atom stereocenters. The summed E-state index contributed by atoms with van der Waals surface area (Å²) < 4.78 is 3.72. The molecule has 23 heavy (non-hydrogen) atoms. The first kappa shape index (κ1) is 13.5. The number of hydrogen-bond donors (Lipinski definition) is 1. The van der Waals surface area contributed by atoms with Gasteiger partial charge in [-0.15, -0.1) is 0 Å². The van der Waals surface area contributed by atoms with E-state index >= 15 is 0 Å². The molecule has 0 fully saturated rings. The van der Waals surface area contributed by atoms with E-state index in [2.05, 4.69) is 15.4 Å². The molecule has 3 heterocycles. The molecule has 0 aliphatic carbocycles. The summed E-state index contributed by atoms with van der Waals surface area (Å²) in [6, 6.07) is 15.4. The van der Waals surface area contributed by atoms with E-state index < -0.39 is 0 Å². The van der Waals surface area contributed by atoms with Crippen LogP contribution in [-0.2, 0) is 6.54 Å². The molecular weight excluding hydrogens is 290 g/mol. The number of carbonyl (C=O) groups excluding carboxylic acids is 1. The summed E-state index contributed by atoms with van der Waals surface area (Å²) in [5.74, 6) is -0.168. The van der Waals surface area contributed by atoms with Crippen LogP contribution in [-0.4, -0.2) is 31.6 Å². The van der Waals surface area contributed by atoms with E-state index in [0.29, 0.717) is 18.8 Å². The van der Waals surface area contributed by atoms with Crippen LogP contribution >= 0.6 is 0 Å². The SMILES string of the molecule is O=C(NCCn1cnc2ccccc21)c1cc2ccccn2n1. The molecule has 4 rings (SSSR count). The number of carbonyl (C=O) groups is 1. The zero-order valence-electron chi connectivity index (χ0n) is 12.4. The van der Waals surface area contributed by atoms with Crippen molar-refractivity contribution in [2.45, 2.75) is 6.54 Å². The maximum Gasteiger partial charge on any atom is 0.271 e. The molecule has 0 radical (unpaired) electrons. The molecule has 1 N–H and O–H groups in total. The van der Waals surface area contributed by atoms with E-state index in [-0.39, 0.29) is 5.91 Å². The normalized spacial score (nSPS) is 11.1. The highest BCUT2D eigenvalue weighted by atomic mass is 16.1. The Balaban J connectivity index is 1.43. The lowest BCUT2D eigenvalue weighted by atomic mass is 10.3. The third-order valence-electron chi connectivity index (χ3n) is 3.77. The van der Waals surface area contributed by atoms with Gasteiger partial charge in [-0.3, -0.25) is 4.79 Å². The molecule has 3 aromatic heterocycles. The number of pyridine rings is 1. The predicted octanol–water partition coefficient (Wildman–Crippen LogP) is 2.11. The van der Waals surface area contributed by atoms with Gasteiger partial charge in [0, 0.05) is 19.3 Å². The van der Waals surface area contributed by atoms with Crippen molar-refractivity contribution in [3.8, 4) is 0 Å². The summed E-state index contributed by atoms with van der Waals surface area (Å²) in [5.41, 5.74) is 3.35. The van der Waals surface area contributed by atoms with Crippen molar-refractivity contribution in [2.75, 3.05) is 6.54 Å². The van der Waals surface area contributed by atoms with E-state index in [1.165, 1.54) is 0 Å². The molecule has 0 aliphatic heterocycles. The summed E-state index contributed by atoms with van der Waals surface area (Å²) in [4.78, 5) is 16.5. The fourth-order valence-corrected chi connectivity index (χ4v) is 2.62. The van der Waals surface area contributed by atoms with Gasteiger partial charge < -0.3 is 9.88 Å².